The molecular formula is C4H9KNO4S. The van der Waals surface area contributed by atoms with E-state index in [1.807, 2.05) is 0 Å². The van der Waals surface area contributed by atoms with Crippen molar-refractivity contribution in [2.45, 2.75) is 18.6 Å². The molecule has 0 heterocycles. The molecule has 0 aromatic rings. The molecule has 1 atom stereocenters. The molecule has 0 rings (SSSR count). The number of primary amides is 1. The normalized spacial score (nSPS) is 13.3. The van der Waals surface area contributed by atoms with E-state index in [0.29, 0.717) is 0 Å². The molecule has 0 aliphatic heterocycles. The van der Waals surface area contributed by atoms with Gasteiger partial charge < -0.3 is 5.73 Å². The second kappa shape index (κ2) is 5.63. The minimum absolute atomic E-state index is 0. The van der Waals surface area contributed by atoms with Gasteiger partial charge in [0.25, 0.3) is 10.1 Å². The topological polar surface area (TPSA) is 97.5 Å². The quantitative estimate of drug-likeness (QED) is 0.445. The number of carbonyl (C=O) groups excluding carboxylic acids is 1. The summed E-state index contributed by atoms with van der Waals surface area (Å²) in [6, 6.07) is 0. The number of hydrogen-bond donors (Lipinski definition) is 2. The Bertz CT molecular complexity index is 224. The first-order valence-corrected chi connectivity index (χ1v) is 4.15. The molecule has 0 saturated heterocycles. The van der Waals surface area contributed by atoms with Crippen LogP contribution in [0.5, 0.6) is 0 Å². The average Bonchev–Trinajstić information content (AvgIpc) is 1.60. The SMILES string of the molecule is CCC(C(N)=O)S(=O)(=O)O.[K]. The summed E-state index contributed by atoms with van der Waals surface area (Å²) in [5.41, 5.74) is 4.66. The van der Waals surface area contributed by atoms with Crippen LogP contribution in [0.15, 0.2) is 0 Å². The zero-order valence-corrected chi connectivity index (χ0v) is 10.4. The van der Waals surface area contributed by atoms with Crippen molar-refractivity contribution < 1.29 is 17.8 Å². The van der Waals surface area contributed by atoms with Crippen molar-refractivity contribution >= 4 is 67.4 Å². The molecule has 0 saturated carbocycles. The molecule has 0 aliphatic carbocycles. The Morgan fingerprint density at radius 1 is 1.64 bits per heavy atom. The van der Waals surface area contributed by atoms with Crippen LogP contribution in [0, 0.1) is 0 Å². The minimum Gasteiger partial charge on any atom is -0.368 e. The Morgan fingerprint density at radius 3 is 2.00 bits per heavy atom. The van der Waals surface area contributed by atoms with Crippen LogP contribution in [0.3, 0.4) is 0 Å². The maximum atomic E-state index is 10.3. The van der Waals surface area contributed by atoms with Gasteiger partial charge in [0.1, 0.15) is 0 Å². The first-order chi connectivity index (χ1) is 4.39. The van der Waals surface area contributed by atoms with Crippen LogP contribution >= 0.6 is 0 Å². The van der Waals surface area contributed by atoms with Crippen LogP contribution in [0.25, 0.3) is 0 Å². The Balaban J connectivity index is 0. The van der Waals surface area contributed by atoms with Gasteiger partial charge in [-0.3, -0.25) is 9.35 Å². The molecule has 11 heavy (non-hydrogen) atoms. The number of amides is 1. The molecule has 0 aromatic carbocycles. The van der Waals surface area contributed by atoms with Crippen LogP contribution in [0.1, 0.15) is 13.3 Å². The number of rotatable bonds is 3. The van der Waals surface area contributed by atoms with E-state index in [9.17, 15) is 13.2 Å². The van der Waals surface area contributed by atoms with Crippen molar-refractivity contribution in [1.29, 1.82) is 0 Å². The average molecular weight is 206 g/mol. The van der Waals surface area contributed by atoms with Crippen LogP contribution in [-0.4, -0.2) is 75.5 Å². The third kappa shape index (κ3) is 5.29. The van der Waals surface area contributed by atoms with Crippen molar-refractivity contribution in [3.05, 3.63) is 0 Å². The fourth-order valence-electron chi connectivity index (χ4n) is 0.559. The third-order valence-corrected chi connectivity index (χ3v) is 2.33. The first-order valence-electron chi connectivity index (χ1n) is 2.65. The van der Waals surface area contributed by atoms with Crippen LogP contribution < -0.4 is 5.73 Å². The monoisotopic (exact) mass is 206 g/mol. The van der Waals surface area contributed by atoms with Crippen LogP contribution in [0.4, 0.5) is 0 Å². The summed E-state index contributed by atoms with van der Waals surface area (Å²) in [7, 11) is -4.29. The zero-order valence-electron chi connectivity index (χ0n) is 6.44. The molecule has 1 amide bonds. The molecule has 61 valence electrons. The summed E-state index contributed by atoms with van der Waals surface area (Å²) in [5.74, 6) is -1.02. The van der Waals surface area contributed by atoms with E-state index in [0.717, 1.165) is 0 Å². The Kier molecular flexibility index (Phi) is 7.43. The van der Waals surface area contributed by atoms with E-state index in [-0.39, 0.29) is 57.8 Å². The smallest absolute Gasteiger partial charge is 0.276 e. The first kappa shape index (κ1) is 14.5. The molecule has 0 spiro atoms. The zero-order chi connectivity index (χ0) is 8.36. The molecule has 0 bridgehead atoms. The van der Waals surface area contributed by atoms with Gasteiger partial charge in [-0.2, -0.15) is 8.42 Å². The fourth-order valence-corrected chi connectivity index (χ4v) is 1.27. The maximum absolute atomic E-state index is 10.3. The molecule has 0 aliphatic rings. The van der Waals surface area contributed by atoms with E-state index in [1.165, 1.54) is 6.92 Å². The molecule has 1 radical (unpaired) electrons. The summed E-state index contributed by atoms with van der Waals surface area (Å²) >= 11 is 0. The molecule has 0 fully saturated rings. The summed E-state index contributed by atoms with van der Waals surface area (Å²) in [4.78, 5) is 10.3. The molecule has 3 N–H and O–H groups in total. The number of carbonyl (C=O) groups is 1. The van der Waals surface area contributed by atoms with Gasteiger partial charge in [0, 0.05) is 51.4 Å². The van der Waals surface area contributed by atoms with Gasteiger partial charge in [0.15, 0.2) is 5.25 Å². The van der Waals surface area contributed by atoms with Gasteiger partial charge in [0.2, 0.25) is 5.91 Å². The van der Waals surface area contributed by atoms with Gasteiger partial charge in [-0.25, -0.2) is 0 Å². The van der Waals surface area contributed by atoms with Crippen LogP contribution in [0.2, 0.25) is 0 Å². The van der Waals surface area contributed by atoms with E-state index < -0.39 is 21.3 Å². The van der Waals surface area contributed by atoms with Gasteiger partial charge in [-0.05, 0) is 6.42 Å². The van der Waals surface area contributed by atoms with Gasteiger partial charge >= 0.3 is 0 Å². The largest absolute Gasteiger partial charge is 0.368 e. The summed E-state index contributed by atoms with van der Waals surface area (Å²) in [6.45, 7) is 1.45. The number of nitrogens with two attached hydrogens (primary N) is 1. The molecule has 5 nitrogen and oxygen atoms in total. The summed E-state index contributed by atoms with van der Waals surface area (Å²) in [6.07, 6.45) is -0.00579. The van der Waals surface area contributed by atoms with Crippen LogP contribution in [-0.2, 0) is 14.9 Å². The molecule has 0 aromatic heterocycles. The predicted molar refractivity (Wildman–Crippen MR) is 40.6 cm³/mol. The second-order valence-corrected chi connectivity index (χ2v) is 3.41. The third-order valence-electron chi connectivity index (χ3n) is 1.05. The standard InChI is InChI=1S/C4H9NO4S.K/c1-2-3(4(5)6)10(7,8)9;/h3H,2H2,1H3,(H2,5,6)(H,7,8,9);. The van der Waals surface area contributed by atoms with E-state index in [4.69, 9.17) is 4.55 Å². The van der Waals surface area contributed by atoms with Gasteiger partial charge in [0.05, 0.1) is 0 Å². The molecule has 7 heteroatoms. The van der Waals surface area contributed by atoms with Crippen molar-refractivity contribution in [3.8, 4) is 0 Å². The van der Waals surface area contributed by atoms with Gasteiger partial charge in [-0.1, -0.05) is 6.92 Å². The van der Waals surface area contributed by atoms with E-state index in [2.05, 4.69) is 5.73 Å². The van der Waals surface area contributed by atoms with Crippen molar-refractivity contribution in [2.24, 2.45) is 5.73 Å². The summed E-state index contributed by atoms with van der Waals surface area (Å²) < 4.78 is 28.8. The fraction of sp³-hybridized carbons (Fsp3) is 0.750. The van der Waals surface area contributed by atoms with Crippen molar-refractivity contribution in [1.82, 2.24) is 0 Å². The minimum atomic E-state index is -4.29. The summed E-state index contributed by atoms with van der Waals surface area (Å²) in [5, 5.41) is -1.47. The van der Waals surface area contributed by atoms with Crippen molar-refractivity contribution in [3.63, 3.8) is 0 Å². The Labute approximate surface area is 108 Å². The van der Waals surface area contributed by atoms with E-state index in [1.54, 1.807) is 0 Å². The van der Waals surface area contributed by atoms with Gasteiger partial charge in [-0.15, -0.1) is 0 Å². The van der Waals surface area contributed by atoms with Crippen molar-refractivity contribution in [2.75, 3.05) is 0 Å². The second-order valence-electron chi connectivity index (χ2n) is 1.81. The molecule has 1 unspecified atom stereocenters. The Hall–Kier alpha value is 1.02. The maximum Gasteiger partial charge on any atom is 0.276 e. The van der Waals surface area contributed by atoms with E-state index >= 15 is 0 Å². The number of hydrogen-bond acceptors (Lipinski definition) is 3. The predicted octanol–water partition coefficient (Wildman–Crippen LogP) is -1.24. The Morgan fingerprint density at radius 2 is 2.00 bits per heavy atom. The molecular weight excluding hydrogens is 197 g/mol.